The minimum atomic E-state index is 0.347. The molecule has 1 aliphatic carbocycles. The van der Waals surface area contributed by atoms with Crippen LogP contribution in [0, 0.1) is 19.8 Å². The van der Waals surface area contributed by atoms with Gasteiger partial charge in [-0.05, 0) is 52.4 Å². The summed E-state index contributed by atoms with van der Waals surface area (Å²) < 4.78 is 5.25. The average Bonchev–Trinajstić information content (AvgIpc) is 2.70. The molecule has 0 spiro atoms. The van der Waals surface area contributed by atoms with Crippen molar-refractivity contribution in [3.63, 3.8) is 0 Å². The van der Waals surface area contributed by atoms with Crippen molar-refractivity contribution in [3.8, 4) is 0 Å². The zero-order valence-electron chi connectivity index (χ0n) is 12.1. The number of aromatic nitrogens is 1. The molecule has 0 bridgehead atoms. The fourth-order valence-electron chi connectivity index (χ4n) is 3.28. The smallest absolute Gasteiger partial charge is 0.138 e. The van der Waals surface area contributed by atoms with Gasteiger partial charge in [0.2, 0.25) is 0 Å². The van der Waals surface area contributed by atoms with Gasteiger partial charge in [0, 0.05) is 17.6 Å². The zero-order chi connectivity index (χ0) is 13.1. The molecular weight excluding hydrogens is 224 g/mol. The van der Waals surface area contributed by atoms with Crippen molar-refractivity contribution in [1.82, 2.24) is 10.5 Å². The first kappa shape index (κ1) is 13.6. The van der Waals surface area contributed by atoms with E-state index in [9.17, 15) is 0 Å². The van der Waals surface area contributed by atoms with Crippen molar-refractivity contribution in [2.24, 2.45) is 5.92 Å². The maximum atomic E-state index is 5.25. The van der Waals surface area contributed by atoms with Gasteiger partial charge in [0.15, 0.2) is 0 Å². The number of rotatable bonds is 4. The fraction of sp³-hybridized carbons (Fsp3) is 0.800. The lowest BCUT2D eigenvalue weighted by Gasteiger charge is -2.30. The molecule has 1 fully saturated rings. The Balaban J connectivity index is 1.90. The van der Waals surface area contributed by atoms with E-state index in [1.165, 1.54) is 37.7 Å². The van der Waals surface area contributed by atoms with E-state index in [0.717, 1.165) is 17.4 Å². The van der Waals surface area contributed by atoms with Crippen LogP contribution in [0.1, 0.15) is 69.0 Å². The van der Waals surface area contributed by atoms with E-state index in [2.05, 4.69) is 24.3 Å². The van der Waals surface area contributed by atoms with E-state index >= 15 is 0 Å². The third-order valence-electron chi connectivity index (χ3n) is 4.43. The van der Waals surface area contributed by atoms with Crippen LogP contribution in [0.3, 0.4) is 0 Å². The normalized spacial score (nSPS) is 26.2. The quantitative estimate of drug-likeness (QED) is 0.880. The van der Waals surface area contributed by atoms with Gasteiger partial charge in [-0.15, -0.1) is 0 Å². The number of nitrogens with one attached hydrogen (secondary N) is 1. The van der Waals surface area contributed by atoms with Crippen molar-refractivity contribution in [2.75, 3.05) is 0 Å². The summed E-state index contributed by atoms with van der Waals surface area (Å²) in [5.74, 6) is 1.91. The highest BCUT2D eigenvalue weighted by Crippen LogP contribution is 2.29. The Kier molecular flexibility index (Phi) is 4.44. The lowest BCUT2D eigenvalue weighted by atomic mass is 9.84. The minimum absolute atomic E-state index is 0.347. The van der Waals surface area contributed by atoms with Crippen molar-refractivity contribution in [1.29, 1.82) is 0 Å². The Morgan fingerprint density at radius 2 is 1.94 bits per heavy atom. The van der Waals surface area contributed by atoms with Crippen LogP contribution in [-0.4, -0.2) is 11.2 Å². The first-order valence-corrected chi connectivity index (χ1v) is 7.30. The molecule has 0 aromatic carbocycles. The molecule has 0 radical (unpaired) electrons. The summed E-state index contributed by atoms with van der Waals surface area (Å²) in [4.78, 5) is 0. The maximum Gasteiger partial charge on any atom is 0.138 e. The van der Waals surface area contributed by atoms with Crippen molar-refractivity contribution >= 4 is 0 Å². The molecule has 102 valence electrons. The predicted octanol–water partition coefficient (Wildman–Crippen LogP) is 3.91. The van der Waals surface area contributed by atoms with E-state index in [0.29, 0.717) is 12.1 Å². The summed E-state index contributed by atoms with van der Waals surface area (Å²) in [7, 11) is 0. The second-order valence-electron chi connectivity index (χ2n) is 5.75. The highest BCUT2D eigenvalue weighted by Gasteiger charge is 2.23. The fourth-order valence-corrected chi connectivity index (χ4v) is 3.28. The Labute approximate surface area is 110 Å². The number of hydrogen-bond donors (Lipinski definition) is 1. The van der Waals surface area contributed by atoms with Gasteiger partial charge in [-0.1, -0.05) is 18.5 Å². The van der Waals surface area contributed by atoms with Crippen LogP contribution >= 0.6 is 0 Å². The predicted molar refractivity (Wildman–Crippen MR) is 73.6 cm³/mol. The highest BCUT2D eigenvalue weighted by atomic mass is 16.5. The third-order valence-corrected chi connectivity index (χ3v) is 4.43. The monoisotopic (exact) mass is 250 g/mol. The van der Waals surface area contributed by atoms with Gasteiger partial charge in [0.05, 0.1) is 5.69 Å². The topological polar surface area (TPSA) is 38.1 Å². The van der Waals surface area contributed by atoms with E-state index in [1.54, 1.807) is 0 Å². The summed E-state index contributed by atoms with van der Waals surface area (Å²) in [5.41, 5.74) is 2.27. The highest BCUT2D eigenvalue weighted by molar-refractivity contribution is 5.24. The molecule has 1 aromatic heterocycles. The van der Waals surface area contributed by atoms with Crippen LogP contribution < -0.4 is 5.32 Å². The molecule has 1 saturated carbocycles. The van der Waals surface area contributed by atoms with Crippen LogP contribution in [0.4, 0.5) is 0 Å². The zero-order valence-corrected chi connectivity index (χ0v) is 12.1. The summed E-state index contributed by atoms with van der Waals surface area (Å²) in [6.07, 6.45) is 6.72. The van der Waals surface area contributed by atoms with E-state index < -0.39 is 0 Å². The van der Waals surface area contributed by atoms with Crippen LogP contribution in [0.5, 0.6) is 0 Å². The van der Waals surface area contributed by atoms with E-state index in [1.807, 2.05) is 13.8 Å². The summed E-state index contributed by atoms with van der Waals surface area (Å²) in [5, 5.41) is 7.79. The molecule has 1 unspecified atom stereocenters. The summed E-state index contributed by atoms with van der Waals surface area (Å²) in [6.45, 7) is 8.56. The summed E-state index contributed by atoms with van der Waals surface area (Å²) in [6, 6.07) is 1.01. The molecule has 2 rings (SSSR count). The number of hydrogen-bond acceptors (Lipinski definition) is 3. The van der Waals surface area contributed by atoms with Crippen molar-refractivity contribution < 1.29 is 4.52 Å². The van der Waals surface area contributed by atoms with Gasteiger partial charge in [0.1, 0.15) is 5.76 Å². The molecule has 1 atom stereocenters. The second-order valence-corrected chi connectivity index (χ2v) is 5.75. The second kappa shape index (κ2) is 5.87. The standard InChI is InChI=1S/C15H26N2O/c1-5-13-6-8-14(9-7-13)16-10(2)15-11(3)17-18-12(15)4/h10,13-14,16H,5-9H2,1-4H3. The van der Waals surface area contributed by atoms with Gasteiger partial charge in [-0.3, -0.25) is 0 Å². The van der Waals surface area contributed by atoms with Crippen LogP contribution in [-0.2, 0) is 0 Å². The lowest BCUT2D eigenvalue weighted by Crippen LogP contribution is -2.35. The minimum Gasteiger partial charge on any atom is -0.361 e. The number of aryl methyl sites for hydroxylation is 2. The van der Waals surface area contributed by atoms with Crippen molar-refractivity contribution in [2.45, 2.75) is 71.9 Å². The van der Waals surface area contributed by atoms with E-state index in [4.69, 9.17) is 4.52 Å². The van der Waals surface area contributed by atoms with Gasteiger partial charge in [-0.25, -0.2) is 0 Å². The van der Waals surface area contributed by atoms with Crippen molar-refractivity contribution in [3.05, 3.63) is 17.0 Å². The largest absolute Gasteiger partial charge is 0.361 e. The Bertz CT molecular complexity index is 358. The Hall–Kier alpha value is -0.830. The van der Waals surface area contributed by atoms with Gasteiger partial charge in [-0.2, -0.15) is 0 Å². The molecule has 0 aliphatic heterocycles. The van der Waals surface area contributed by atoms with Gasteiger partial charge in [0.25, 0.3) is 0 Å². The lowest BCUT2D eigenvalue weighted by molar-refractivity contribution is 0.272. The Morgan fingerprint density at radius 3 is 2.44 bits per heavy atom. The van der Waals surface area contributed by atoms with Crippen LogP contribution in [0.25, 0.3) is 0 Å². The molecular formula is C15H26N2O. The summed E-state index contributed by atoms with van der Waals surface area (Å²) >= 11 is 0. The van der Waals surface area contributed by atoms with Gasteiger partial charge < -0.3 is 9.84 Å². The molecule has 1 aliphatic rings. The SMILES string of the molecule is CCC1CCC(NC(C)c2c(C)noc2C)CC1. The molecule has 1 N–H and O–H groups in total. The maximum absolute atomic E-state index is 5.25. The molecule has 0 saturated heterocycles. The first-order valence-electron chi connectivity index (χ1n) is 7.30. The molecule has 1 aromatic rings. The molecule has 18 heavy (non-hydrogen) atoms. The van der Waals surface area contributed by atoms with Gasteiger partial charge >= 0.3 is 0 Å². The molecule has 0 amide bonds. The van der Waals surface area contributed by atoms with Crippen LogP contribution in [0.2, 0.25) is 0 Å². The first-order chi connectivity index (χ1) is 8.61. The molecule has 1 heterocycles. The third kappa shape index (κ3) is 2.94. The number of nitrogens with zero attached hydrogens (tertiary/aromatic N) is 1. The Morgan fingerprint density at radius 1 is 1.28 bits per heavy atom. The van der Waals surface area contributed by atoms with Crippen LogP contribution in [0.15, 0.2) is 4.52 Å². The van der Waals surface area contributed by atoms with E-state index in [-0.39, 0.29) is 0 Å². The molecule has 3 heteroatoms. The average molecular weight is 250 g/mol. The molecule has 3 nitrogen and oxygen atoms in total.